The van der Waals surface area contributed by atoms with Crippen molar-refractivity contribution in [2.45, 2.75) is 4.90 Å². The molecular formula is C20H20ClN3O4S. The number of carbonyl (C=O) groups is 2. The van der Waals surface area contributed by atoms with Crippen LogP contribution in [0.15, 0.2) is 53.4 Å². The number of piperazine rings is 1. The minimum atomic E-state index is -3.64. The van der Waals surface area contributed by atoms with Crippen LogP contribution in [-0.2, 0) is 10.0 Å². The highest BCUT2D eigenvalue weighted by atomic mass is 35.5. The SMILES string of the molecule is O=C1c2ccccc2C(=O)N1CCN1CCN(S(=O)(=O)c2ccccc2Cl)CC1. The van der Waals surface area contributed by atoms with E-state index in [1.165, 1.54) is 15.3 Å². The summed E-state index contributed by atoms with van der Waals surface area (Å²) < 4.78 is 27.1. The molecule has 0 spiro atoms. The number of hydrogen-bond donors (Lipinski definition) is 0. The summed E-state index contributed by atoms with van der Waals surface area (Å²) >= 11 is 6.06. The van der Waals surface area contributed by atoms with E-state index in [1.807, 2.05) is 0 Å². The van der Waals surface area contributed by atoms with Crippen molar-refractivity contribution in [3.63, 3.8) is 0 Å². The molecule has 0 radical (unpaired) electrons. The second kappa shape index (κ2) is 7.87. The summed E-state index contributed by atoms with van der Waals surface area (Å²) in [5.74, 6) is -0.545. The lowest BCUT2D eigenvalue weighted by atomic mass is 10.1. The summed E-state index contributed by atoms with van der Waals surface area (Å²) in [6.07, 6.45) is 0. The normalized spacial score (nSPS) is 18.3. The van der Waals surface area contributed by atoms with Crippen LogP contribution in [0.2, 0.25) is 5.02 Å². The number of hydrogen-bond acceptors (Lipinski definition) is 5. The molecule has 9 heteroatoms. The molecule has 29 heavy (non-hydrogen) atoms. The zero-order valence-corrected chi connectivity index (χ0v) is 17.2. The average molecular weight is 434 g/mol. The summed E-state index contributed by atoms with van der Waals surface area (Å²) in [4.78, 5) is 28.3. The van der Waals surface area contributed by atoms with Gasteiger partial charge in [-0.15, -0.1) is 0 Å². The van der Waals surface area contributed by atoms with Gasteiger partial charge in [0, 0.05) is 39.3 Å². The summed E-state index contributed by atoms with van der Waals surface area (Å²) in [5, 5.41) is 0.209. The summed E-state index contributed by atoms with van der Waals surface area (Å²) in [6, 6.07) is 13.2. The van der Waals surface area contributed by atoms with Crippen molar-refractivity contribution in [2.75, 3.05) is 39.3 Å². The molecule has 4 rings (SSSR count). The maximum absolute atomic E-state index is 12.8. The van der Waals surface area contributed by atoms with Crippen LogP contribution in [0.5, 0.6) is 0 Å². The lowest BCUT2D eigenvalue weighted by Gasteiger charge is -2.34. The molecule has 2 aliphatic rings. The van der Waals surface area contributed by atoms with Crippen molar-refractivity contribution in [3.05, 3.63) is 64.7 Å². The topological polar surface area (TPSA) is 78.0 Å². The molecule has 0 atom stereocenters. The Bertz CT molecular complexity index is 1030. The van der Waals surface area contributed by atoms with Crippen LogP contribution in [0.4, 0.5) is 0 Å². The first-order valence-corrected chi connectivity index (χ1v) is 11.1. The maximum atomic E-state index is 12.8. The van der Waals surface area contributed by atoms with E-state index in [-0.39, 0.29) is 28.3 Å². The number of amides is 2. The van der Waals surface area contributed by atoms with Gasteiger partial charge in [0.1, 0.15) is 4.90 Å². The van der Waals surface area contributed by atoms with E-state index >= 15 is 0 Å². The van der Waals surface area contributed by atoms with Crippen LogP contribution < -0.4 is 0 Å². The highest BCUT2D eigenvalue weighted by Crippen LogP contribution is 2.25. The summed E-state index contributed by atoms with van der Waals surface area (Å²) in [6.45, 7) is 2.49. The highest BCUT2D eigenvalue weighted by Gasteiger charge is 2.35. The van der Waals surface area contributed by atoms with Gasteiger partial charge < -0.3 is 0 Å². The molecule has 2 aromatic rings. The van der Waals surface area contributed by atoms with E-state index in [9.17, 15) is 18.0 Å². The molecule has 2 aliphatic heterocycles. The van der Waals surface area contributed by atoms with Crippen LogP contribution in [0, 0.1) is 0 Å². The fraction of sp³-hybridized carbons (Fsp3) is 0.300. The molecule has 2 heterocycles. The Hall–Kier alpha value is -2.26. The van der Waals surface area contributed by atoms with E-state index < -0.39 is 10.0 Å². The lowest BCUT2D eigenvalue weighted by molar-refractivity contribution is 0.0628. The molecular weight excluding hydrogens is 414 g/mol. The van der Waals surface area contributed by atoms with Crippen LogP contribution in [0.3, 0.4) is 0 Å². The van der Waals surface area contributed by atoms with Crippen LogP contribution in [-0.4, -0.2) is 73.6 Å². The van der Waals surface area contributed by atoms with Crippen molar-refractivity contribution >= 4 is 33.4 Å². The van der Waals surface area contributed by atoms with Crippen molar-refractivity contribution in [1.82, 2.24) is 14.1 Å². The quantitative estimate of drug-likeness (QED) is 0.673. The maximum Gasteiger partial charge on any atom is 0.261 e. The Balaban J connectivity index is 1.35. The molecule has 1 fully saturated rings. The van der Waals surface area contributed by atoms with E-state index in [0.717, 1.165) is 0 Å². The molecule has 152 valence electrons. The van der Waals surface area contributed by atoms with Crippen molar-refractivity contribution in [3.8, 4) is 0 Å². The van der Waals surface area contributed by atoms with Crippen molar-refractivity contribution in [1.29, 1.82) is 0 Å². The van der Waals surface area contributed by atoms with Gasteiger partial charge in [0.2, 0.25) is 10.0 Å². The van der Waals surface area contributed by atoms with Gasteiger partial charge in [-0.1, -0.05) is 35.9 Å². The Kier molecular flexibility index (Phi) is 5.44. The van der Waals surface area contributed by atoms with Gasteiger partial charge >= 0.3 is 0 Å². The number of halogens is 1. The third-order valence-corrected chi connectivity index (χ3v) is 7.70. The van der Waals surface area contributed by atoms with E-state index in [0.29, 0.717) is 43.9 Å². The molecule has 0 aliphatic carbocycles. The minimum absolute atomic E-state index is 0.112. The number of rotatable bonds is 5. The van der Waals surface area contributed by atoms with Gasteiger partial charge in [0.25, 0.3) is 11.8 Å². The highest BCUT2D eigenvalue weighted by molar-refractivity contribution is 7.89. The molecule has 7 nitrogen and oxygen atoms in total. The van der Waals surface area contributed by atoms with Gasteiger partial charge in [0.05, 0.1) is 16.1 Å². The molecule has 1 saturated heterocycles. The predicted molar refractivity (Wildman–Crippen MR) is 108 cm³/mol. The van der Waals surface area contributed by atoms with Gasteiger partial charge in [-0.3, -0.25) is 19.4 Å². The summed E-state index contributed by atoms with van der Waals surface area (Å²) in [5.41, 5.74) is 0.876. The van der Waals surface area contributed by atoms with Crippen LogP contribution in [0.1, 0.15) is 20.7 Å². The molecule has 0 aromatic heterocycles. The largest absolute Gasteiger partial charge is 0.299 e. The summed E-state index contributed by atoms with van der Waals surface area (Å²) in [7, 11) is -3.64. The predicted octanol–water partition coefficient (Wildman–Crippen LogP) is 1.94. The Morgan fingerprint density at radius 1 is 0.793 bits per heavy atom. The number of nitrogens with zero attached hydrogens (tertiary/aromatic N) is 3. The second-order valence-electron chi connectivity index (χ2n) is 6.98. The molecule has 2 aromatic carbocycles. The monoisotopic (exact) mass is 433 g/mol. The van der Waals surface area contributed by atoms with E-state index in [1.54, 1.807) is 42.5 Å². The first kappa shape index (κ1) is 20.0. The third kappa shape index (κ3) is 3.69. The standard InChI is InChI=1S/C20H20ClN3O4S/c21-17-7-3-4-8-18(17)29(27,28)23-12-9-22(10-13-23)11-14-24-19(25)15-5-1-2-6-16(15)20(24)26/h1-8H,9-14H2. The zero-order valence-electron chi connectivity index (χ0n) is 15.6. The number of benzene rings is 2. The Labute approximate surface area is 174 Å². The molecule has 0 saturated carbocycles. The van der Waals surface area contributed by atoms with Gasteiger partial charge in [-0.25, -0.2) is 8.42 Å². The number of carbonyl (C=O) groups excluding carboxylic acids is 2. The average Bonchev–Trinajstić information content (AvgIpc) is 2.97. The van der Waals surface area contributed by atoms with Crippen LogP contribution >= 0.6 is 11.6 Å². The zero-order chi connectivity index (χ0) is 20.6. The Morgan fingerprint density at radius 3 is 1.93 bits per heavy atom. The molecule has 0 N–H and O–H groups in total. The van der Waals surface area contributed by atoms with Crippen LogP contribution in [0.25, 0.3) is 0 Å². The first-order valence-electron chi connectivity index (χ1n) is 9.32. The molecule has 0 bridgehead atoms. The number of imide groups is 1. The van der Waals surface area contributed by atoms with E-state index in [4.69, 9.17) is 11.6 Å². The number of sulfonamides is 1. The fourth-order valence-electron chi connectivity index (χ4n) is 3.67. The van der Waals surface area contributed by atoms with Crippen molar-refractivity contribution in [2.24, 2.45) is 0 Å². The second-order valence-corrected chi connectivity index (χ2v) is 9.30. The number of fused-ring (bicyclic) bond motifs is 1. The fourth-order valence-corrected chi connectivity index (χ4v) is 5.59. The lowest BCUT2D eigenvalue weighted by Crippen LogP contribution is -2.50. The first-order chi connectivity index (χ1) is 13.9. The van der Waals surface area contributed by atoms with Crippen molar-refractivity contribution < 1.29 is 18.0 Å². The van der Waals surface area contributed by atoms with Gasteiger partial charge in [-0.2, -0.15) is 4.31 Å². The minimum Gasteiger partial charge on any atom is -0.299 e. The van der Waals surface area contributed by atoms with E-state index in [2.05, 4.69) is 4.90 Å². The smallest absolute Gasteiger partial charge is 0.261 e. The van der Waals surface area contributed by atoms with Gasteiger partial charge in [0.15, 0.2) is 0 Å². The molecule has 2 amide bonds. The molecule has 0 unspecified atom stereocenters. The Morgan fingerprint density at radius 2 is 1.34 bits per heavy atom. The van der Waals surface area contributed by atoms with Gasteiger partial charge in [-0.05, 0) is 24.3 Å². The third-order valence-electron chi connectivity index (χ3n) is 5.30.